The standard InChI is InChI=1S/C19H17ClN2OS/c1-12-2-8-15-16(11-21)19(24-17(15)10-12)22-18(23)9-5-13-3-6-14(20)7-4-13/h3-7,9,12H,2,8,10H2,1H3,(H,22,23). The fourth-order valence-electron chi connectivity index (χ4n) is 2.86. The zero-order valence-electron chi connectivity index (χ0n) is 13.3. The van der Waals surface area contributed by atoms with Crippen LogP contribution in [-0.4, -0.2) is 5.91 Å². The van der Waals surface area contributed by atoms with Crippen molar-refractivity contribution in [3.63, 3.8) is 0 Å². The molecule has 1 aliphatic rings. The summed E-state index contributed by atoms with van der Waals surface area (Å²) in [5, 5.41) is 13.6. The molecule has 0 saturated carbocycles. The van der Waals surface area contributed by atoms with Gasteiger partial charge in [0.1, 0.15) is 11.1 Å². The van der Waals surface area contributed by atoms with Crippen LogP contribution >= 0.6 is 22.9 Å². The quantitative estimate of drug-likeness (QED) is 0.782. The van der Waals surface area contributed by atoms with Gasteiger partial charge in [-0.3, -0.25) is 4.79 Å². The van der Waals surface area contributed by atoms with Crippen molar-refractivity contribution in [1.82, 2.24) is 0 Å². The van der Waals surface area contributed by atoms with Crippen LogP contribution < -0.4 is 5.32 Å². The Morgan fingerprint density at radius 3 is 2.88 bits per heavy atom. The minimum Gasteiger partial charge on any atom is -0.313 e. The van der Waals surface area contributed by atoms with Gasteiger partial charge in [-0.25, -0.2) is 0 Å². The number of hydrogen-bond acceptors (Lipinski definition) is 3. The highest BCUT2D eigenvalue weighted by Crippen LogP contribution is 2.39. The molecule has 0 fully saturated rings. The predicted molar refractivity (Wildman–Crippen MR) is 99.3 cm³/mol. The van der Waals surface area contributed by atoms with Crippen molar-refractivity contribution < 1.29 is 4.79 Å². The van der Waals surface area contributed by atoms with Gasteiger partial charge in [0.15, 0.2) is 0 Å². The summed E-state index contributed by atoms with van der Waals surface area (Å²) in [5.74, 6) is 0.407. The second-order valence-corrected chi connectivity index (χ2v) is 7.58. The molecule has 1 aromatic heterocycles. The van der Waals surface area contributed by atoms with Gasteiger partial charge in [-0.1, -0.05) is 30.7 Å². The van der Waals surface area contributed by atoms with E-state index < -0.39 is 0 Å². The minimum absolute atomic E-state index is 0.229. The number of nitriles is 1. The average molecular weight is 357 g/mol. The summed E-state index contributed by atoms with van der Waals surface area (Å²) in [6.45, 7) is 2.22. The van der Waals surface area contributed by atoms with Gasteiger partial charge in [0.2, 0.25) is 5.91 Å². The van der Waals surface area contributed by atoms with E-state index in [1.807, 2.05) is 12.1 Å². The van der Waals surface area contributed by atoms with Gasteiger partial charge in [-0.2, -0.15) is 5.26 Å². The minimum atomic E-state index is -0.229. The van der Waals surface area contributed by atoms with E-state index in [1.54, 1.807) is 18.2 Å². The first-order chi connectivity index (χ1) is 11.6. The Bertz CT molecular complexity index is 830. The fraction of sp³-hybridized carbons (Fsp3) is 0.263. The largest absolute Gasteiger partial charge is 0.313 e. The van der Waals surface area contributed by atoms with Crippen molar-refractivity contribution in [2.45, 2.75) is 26.2 Å². The summed E-state index contributed by atoms with van der Waals surface area (Å²) in [6, 6.07) is 9.51. The number of carbonyl (C=O) groups excluding carboxylic acids is 1. The van der Waals surface area contributed by atoms with Gasteiger partial charge in [-0.15, -0.1) is 11.3 Å². The van der Waals surface area contributed by atoms with Crippen LogP contribution in [0, 0.1) is 17.2 Å². The summed E-state index contributed by atoms with van der Waals surface area (Å²) in [5.41, 5.74) is 2.65. The normalized spacial score (nSPS) is 16.6. The monoisotopic (exact) mass is 356 g/mol. The number of nitrogens with zero attached hydrogens (tertiary/aromatic N) is 1. The van der Waals surface area contributed by atoms with Gasteiger partial charge in [0, 0.05) is 16.0 Å². The van der Waals surface area contributed by atoms with Crippen LogP contribution in [0.25, 0.3) is 6.08 Å². The lowest BCUT2D eigenvalue weighted by atomic mass is 9.89. The molecular formula is C19H17ClN2OS. The molecule has 1 aliphatic carbocycles. The van der Waals surface area contributed by atoms with Crippen LogP contribution in [0.5, 0.6) is 0 Å². The molecule has 1 atom stereocenters. The molecule has 0 bridgehead atoms. The fourth-order valence-corrected chi connectivity index (χ4v) is 4.35. The predicted octanol–water partition coefficient (Wildman–Crippen LogP) is 5.05. The highest BCUT2D eigenvalue weighted by atomic mass is 35.5. The Balaban J connectivity index is 1.75. The van der Waals surface area contributed by atoms with Gasteiger partial charge in [-0.05, 0) is 54.5 Å². The maximum atomic E-state index is 12.2. The molecule has 5 heteroatoms. The lowest BCUT2D eigenvalue weighted by molar-refractivity contribution is -0.111. The third-order valence-corrected chi connectivity index (χ3v) is 5.58. The van der Waals surface area contributed by atoms with Crippen LogP contribution in [0.1, 0.15) is 34.9 Å². The highest BCUT2D eigenvalue weighted by Gasteiger charge is 2.24. The molecule has 1 amide bonds. The molecule has 24 heavy (non-hydrogen) atoms. The van der Waals surface area contributed by atoms with E-state index in [9.17, 15) is 10.1 Å². The van der Waals surface area contributed by atoms with Crippen LogP contribution in [0.2, 0.25) is 5.02 Å². The number of benzene rings is 1. The van der Waals surface area contributed by atoms with E-state index in [-0.39, 0.29) is 5.91 Å². The second-order valence-electron chi connectivity index (χ2n) is 6.04. The lowest BCUT2D eigenvalue weighted by Crippen LogP contribution is -2.10. The number of hydrogen-bond donors (Lipinski definition) is 1. The van der Waals surface area contributed by atoms with Crippen LogP contribution in [0.15, 0.2) is 30.3 Å². The Morgan fingerprint density at radius 2 is 2.17 bits per heavy atom. The van der Waals surface area contributed by atoms with Crippen molar-refractivity contribution in [3.05, 3.63) is 56.9 Å². The Labute approximate surface area is 150 Å². The first kappa shape index (κ1) is 16.8. The number of carbonyl (C=O) groups is 1. The van der Waals surface area contributed by atoms with Crippen molar-refractivity contribution in [1.29, 1.82) is 5.26 Å². The molecule has 1 aromatic carbocycles. The third-order valence-electron chi connectivity index (χ3n) is 4.16. The van der Waals surface area contributed by atoms with Crippen molar-refractivity contribution in [3.8, 4) is 6.07 Å². The van der Waals surface area contributed by atoms with Crippen LogP contribution in [0.4, 0.5) is 5.00 Å². The SMILES string of the molecule is CC1CCc2c(sc(NC(=O)C=Cc3ccc(Cl)cc3)c2C#N)C1. The summed E-state index contributed by atoms with van der Waals surface area (Å²) < 4.78 is 0. The number of anilines is 1. The van der Waals surface area contributed by atoms with Gasteiger partial charge in [0.05, 0.1) is 5.56 Å². The molecule has 3 nitrogen and oxygen atoms in total. The Hall–Kier alpha value is -2.09. The van der Waals surface area contributed by atoms with Crippen molar-refractivity contribution in [2.75, 3.05) is 5.32 Å². The van der Waals surface area contributed by atoms with Gasteiger partial charge in [0.25, 0.3) is 0 Å². The Morgan fingerprint density at radius 1 is 1.42 bits per heavy atom. The summed E-state index contributed by atoms with van der Waals surface area (Å²) in [7, 11) is 0. The molecule has 0 saturated heterocycles. The second kappa shape index (κ2) is 7.21. The van der Waals surface area contributed by atoms with Gasteiger partial charge >= 0.3 is 0 Å². The molecular weight excluding hydrogens is 340 g/mol. The maximum Gasteiger partial charge on any atom is 0.249 e. The summed E-state index contributed by atoms with van der Waals surface area (Å²) >= 11 is 7.38. The van der Waals surface area contributed by atoms with E-state index in [4.69, 9.17) is 11.6 Å². The van der Waals surface area contributed by atoms with Crippen molar-refractivity contribution in [2.24, 2.45) is 5.92 Å². The van der Waals surface area contributed by atoms with E-state index in [2.05, 4.69) is 18.3 Å². The highest BCUT2D eigenvalue weighted by molar-refractivity contribution is 7.16. The molecule has 122 valence electrons. The number of thiophene rings is 1. The number of halogens is 1. The van der Waals surface area contributed by atoms with E-state index in [1.165, 1.54) is 22.3 Å². The molecule has 0 spiro atoms. The first-order valence-electron chi connectivity index (χ1n) is 7.86. The number of amides is 1. The topological polar surface area (TPSA) is 52.9 Å². The molecule has 1 heterocycles. The van der Waals surface area contributed by atoms with E-state index in [0.717, 1.165) is 30.4 Å². The summed E-state index contributed by atoms with van der Waals surface area (Å²) in [6.07, 6.45) is 6.22. The van der Waals surface area contributed by atoms with Gasteiger partial charge < -0.3 is 5.32 Å². The smallest absolute Gasteiger partial charge is 0.249 e. The van der Waals surface area contributed by atoms with Crippen LogP contribution in [-0.2, 0) is 17.6 Å². The molecule has 1 unspecified atom stereocenters. The third kappa shape index (κ3) is 3.69. The number of fused-ring (bicyclic) bond motifs is 1. The molecule has 0 radical (unpaired) electrons. The summed E-state index contributed by atoms with van der Waals surface area (Å²) in [4.78, 5) is 13.4. The zero-order valence-corrected chi connectivity index (χ0v) is 14.9. The molecule has 2 aromatic rings. The van der Waals surface area contributed by atoms with E-state index in [0.29, 0.717) is 21.5 Å². The molecule has 3 rings (SSSR count). The van der Waals surface area contributed by atoms with Crippen molar-refractivity contribution >= 4 is 39.9 Å². The molecule has 0 aliphatic heterocycles. The molecule has 1 N–H and O–H groups in total. The zero-order chi connectivity index (χ0) is 17.1. The number of nitrogens with one attached hydrogen (secondary N) is 1. The number of rotatable bonds is 3. The average Bonchev–Trinajstić information content (AvgIpc) is 2.90. The van der Waals surface area contributed by atoms with Crippen LogP contribution in [0.3, 0.4) is 0 Å². The Kier molecular flexibility index (Phi) is 5.03. The first-order valence-corrected chi connectivity index (χ1v) is 9.05. The maximum absolute atomic E-state index is 12.2. The lowest BCUT2D eigenvalue weighted by Gasteiger charge is -2.17. The van der Waals surface area contributed by atoms with E-state index >= 15 is 0 Å².